The SMILES string of the molecule is CNC(=O)OCC(COC(=O)NC)OCCCC(=O)NCCNC(=O)CCN1C(=O)C=CC1=O. The minimum absolute atomic E-state index is 0.00777. The highest BCUT2D eigenvalue weighted by molar-refractivity contribution is 6.13. The van der Waals surface area contributed by atoms with Crippen LogP contribution in [0, 0.1) is 0 Å². The molecule has 1 heterocycles. The second-order valence-corrected chi connectivity index (χ2v) is 6.90. The van der Waals surface area contributed by atoms with Gasteiger partial charge in [-0.15, -0.1) is 0 Å². The second kappa shape index (κ2) is 16.0. The molecule has 4 N–H and O–H groups in total. The normalized spacial score (nSPS) is 12.5. The summed E-state index contributed by atoms with van der Waals surface area (Å²) < 4.78 is 15.3. The van der Waals surface area contributed by atoms with Crippen molar-refractivity contribution in [2.45, 2.75) is 25.4 Å². The number of nitrogens with zero attached hydrogens (tertiary/aromatic N) is 1. The third-order valence-electron chi connectivity index (χ3n) is 4.34. The minimum atomic E-state index is -0.699. The van der Waals surface area contributed by atoms with Gasteiger partial charge < -0.3 is 35.5 Å². The Labute approximate surface area is 196 Å². The Bertz CT molecular complexity index is 734. The molecule has 0 bridgehead atoms. The van der Waals surface area contributed by atoms with Gasteiger partial charge in [0.15, 0.2) is 0 Å². The van der Waals surface area contributed by atoms with Crippen LogP contribution < -0.4 is 21.3 Å². The van der Waals surface area contributed by atoms with Crippen LogP contribution in [-0.4, -0.2) is 100 Å². The molecule has 1 aliphatic heterocycles. The summed E-state index contributed by atoms with van der Waals surface area (Å²) in [5, 5.41) is 9.80. The first-order valence-electron chi connectivity index (χ1n) is 10.6. The van der Waals surface area contributed by atoms with Gasteiger partial charge in [0.1, 0.15) is 19.3 Å². The van der Waals surface area contributed by atoms with E-state index in [1.807, 2.05) is 0 Å². The van der Waals surface area contributed by atoms with E-state index in [9.17, 15) is 28.8 Å². The molecule has 14 nitrogen and oxygen atoms in total. The van der Waals surface area contributed by atoms with Crippen LogP contribution in [0.25, 0.3) is 0 Å². The molecular weight excluding hydrogens is 454 g/mol. The van der Waals surface area contributed by atoms with E-state index in [1.54, 1.807) is 0 Å². The second-order valence-electron chi connectivity index (χ2n) is 6.90. The number of amides is 6. The van der Waals surface area contributed by atoms with E-state index in [4.69, 9.17) is 14.2 Å². The lowest BCUT2D eigenvalue weighted by Crippen LogP contribution is -2.37. The Morgan fingerprint density at radius 3 is 1.85 bits per heavy atom. The fraction of sp³-hybridized carbons (Fsp3) is 0.600. The summed E-state index contributed by atoms with van der Waals surface area (Å²) in [4.78, 5) is 69.9. The van der Waals surface area contributed by atoms with Crippen LogP contribution in [0.15, 0.2) is 12.2 Å². The predicted octanol–water partition coefficient (Wildman–Crippen LogP) is -1.59. The highest BCUT2D eigenvalue weighted by atomic mass is 16.6. The molecule has 0 unspecified atom stereocenters. The summed E-state index contributed by atoms with van der Waals surface area (Å²) >= 11 is 0. The number of hydrogen-bond donors (Lipinski definition) is 4. The van der Waals surface area contributed by atoms with Gasteiger partial charge in [-0.25, -0.2) is 9.59 Å². The Morgan fingerprint density at radius 2 is 1.35 bits per heavy atom. The van der Waals surface area contributed by atoms with Gasteiger partial charge in [0.2, 0.25) is 11.8 Å². The Balaban J connectivity index is 2.15. The standard InChI is InChI=1S/C20H31N5O9/c1-21-19(30)33-12-14(13-34-20(31)22-2)32-11-3-4-15(26)23-8-9-24-16(27)7-10-25-17(28)5-6-18(25)29/h5-6,14H,3-4,7-13H2,1-2H3,(H,21,30)(H,22,31)(H,23,26)(H,24,27). The first kappa shape index (κ1) is 28.4. The van der Waals surface area contributed by atoms with Crippen molar-refractivity contribution in [2.24, 2.45) is 0 Å². The molecular formula is C20H31N5O9. The number of imide groups is 1. The number of alkyl carbamates (subject to hydrolysis) is 2. The summed E-state index contributed by atoms with van der Waals surface area (Å²) in [6.45, 7) is 0.268. The lowest BCUT2D eigenvalue weighted by molar-refractivity contribution is -0.137. The van der Waals surface area contributed by atoms with Crippen LogP contribution in [-0.2, 0) is 33.4 Å². The smallest absolute Gasteiger partial charge is 0.406 e. The molecule has 6 amide bonds. The minimum Gasteiger partial charge on any atom is -0.447 e. The fourth-order valence-corrected chi connectivity index (χ4v) is 2.55. The van der Waals surface area contributed by atoms with Crippen LogP contribution in [0.1, 0.15) is 19.3 Å². The molecule has 0 saturated carbocycles. The van der Waals surface area contributed by atoms with Crippen molar-refractivity contribution >= 4 is 35.8 Å². The van der Waals surface area contributed by atoms with Crippen molar-refractivity contribution in [1.29, 1.82) is 0 Å². The summed E-state index contributed by atoms with van der Waals surface area (Å²) in [5.74, 6) is -1.49. The van der Waals surface area contributed by atoms with Crippen molar-refractivity contribution in [3.05, 3.63) is 12.2 Å². The molecule has 0 atom stereocenters. The highest BCUT2D eigenvalue weighted by Gasteiger charge is 2.23. The maximum atomic E-state index is 11.9. The monoisotopic (exact) mass is 485 g/mol. The molecule has 190 valence electrons. The number of carbonyl (C=O) groups is 6. The molecule has 0 spiro atoms. The van der Waals surface area contributed by atoms with E-state index in [0.717, 1.165) is 17.1 Å². The average molecular weight is 485 g/mol. The number of hydrogen-bond acceptors (Lipinski definition) is 9. The molecule has 1 aliphatic rings. The number of carbonyl (C=O) groups excluding carboxylic acids is 6. The zero-order valence-electron chi connectivity index (χ0n) is 19.2. The van der Waals surface area contributed by atoms with E-state index in [2.05, 4.69) is 21.3 Å². The highest BCUT2D eigenvalue weighted by Crippen LogP contribution is 2.04. The molecule has 0 aliphatic carbocycles. The molecule has 0 saturated heterocycles. The predicted molar refractivity (Wildman–Crippen MR) is 116 cm³/mol. The van der Waals surface area contributed by atoms with Gasteiger partial charge >= 0.3 is 12.2 Å². The molecule has 1 rings (SSSR count). The number of nitrogens with one attached hydrogen (secondary N) is 4. The molecule has 34 heavy (non-hydrogen) atoms. The molecule has 0 radical (unpaired) electrons. The first-order chi connectivity index (χ1) is 16.3. The molecule has 0 aromatic heterocycles. The molecule has 0 aromatic rings. The van der Waals surface area contributed by atoms with Crippen LogP contribution in [0.5, 0.6) is 0 Å². The molecule has 14 heteroatoms. The van der Waals surface area contributed by atoms with E-state index in [-0.39, 0.29) is 64.1 Å². The van der Waals surface area contributed by atoms with Gasteiger partial charge in [0.25, 0.3) is 11.8 Å². The lowest BCUT2D eigenvalue weighted by atomic mass is 10.3. The summed E-state index contributed by atoms with van der Waals surface area (Å²) in [5.41, 5.74) is 0. The van der Waals surface area contributed by atoms with Gasteiger partial charge in [0.05, 0.1) is 0 Å². The van der Waals surface area contributed by atoms with Crippen LogP contribution in [0.2, 0.25) is 0 Å². The van der Waals surface area contributed by atoms with Crippen molar-refractivity contribution in [3.8, 4) is 0 Å². The maximum Gasteiger partial charge on any atom is 0.406 e. The van der Waals surface area contributed by atoms with Gasteiger partial charge in [-0.2, -0.15) is 0 Å². The van der Waals surface area contributed by atoms with Gasteiger partial charge in [0, 0.05) is 65.3 Å². The Hall–Kier alpha value is -3.68. The first-order valence-corrected chi connectivity index (χ1v) is 10.6. The van der Waals surface area contributed by atoms with Crippen LogP contribution >= 0.6 is 0 Å². The Morgan fingerprint density at radius 1 is 0.853 bits per heavy atom. The third-order valence-corrected chi connectivity index (χ3v) is 4.34. The largest absolute Gasteiger partial charge is 0.447 e. The zero-order chi connectivity index (χ0) is 25.3. The topological polar surface area (TPSA) is 181 Å². The fourth-order valence-electron chi connectivity index (χ4n) is 2.55. The van der Waals surface area contributed by atoms with Crippen molar-refractivity contribution in [3.63, 3.8) is 0 Å². The third kappa shape index (κ3) is 11.8. The van der Waals surface area contributed by atoms with Crippen molar-refractivity contribution in [2.75, 3.05) is 53.6 Å². The number of ether oxygens (including phenoxy) is 3. The van der Waals surface area contributed by atoms with Crippen molar-refractivity contribution < 1.29 is 43.0 Å². The number of rotatable bonds is 15. The Kier molecular flexibility index (Phi) is 13.4. The zero-order valence-corrected chi connectivity index (χ0v) is 19.2. The van der Waals surface area contributed by atoms with Crippen LogP contribution in [0.3, 0.4) is 0 Å². The summed E-state index contributed by atoms with van der Waals surface area (Å²) in [6, 6.07) is 0. The van der Waals surface area contributed by atoms with E-state index in [0.29, 0.717) is 6.42 Å². The van der Waals surface area contributed by atoms with Gasteiger partial charge in [-0.1, -0.05) is 0 Å². The quantitative estimate of drug-likeness (QED) is 0.157. The van der Waals surface area contributed by atoms with Gasteiger partial charge in [-0.05, 0) is 6.42 Å². The summed E-state index contributed by atoms with van der Waals surface area (Å²) in [6.07, 6.45) is 0.773. The van der Waals surface area contributed by atoms with Crippen LogP contribution in [0.4, 0.5) is 9.59 Å². The van der Waals surface area contributed by atoms with E-state index < -0.39 is 30.1 Å². The molecule has 0 fully saturated rings. The lowest BCUT2D eigenvalue weighted by Gasteiger charge is -2.17. The summed E-state index contributed by atoms with van der Waals surface area (Å²) in [7, 11) is 2.81. The van der Waals surface area contributed by atoms with E-state index >= 15 is 0 Å². The molecule has 0 aromatic carbocycles. The van der Waals surface area contributed by atoms with E-state index in [1.165, 1.54) is 14.1 Å². The van der Waals surface area contributed by atoms with Crippen molar-refractivity contribution in [1.82, 2.24) is 26.2 Å². The maximum absolute atomic E-state index is 11.9. The average Bonchev–Trinajstić information content (AvgIpc) is 3.15. The van der Waals surface area contributed by atoms with Gasteiger partial charge in [-0.3, -0.25) is 24.1 Å².